The van der Waals surface area contributed by atoms with Gasteiger partial charge < -0.3 is 0 Å². The number of nitro groups is 1. The molecular formula is C9H7N3O2. The Morgan fingerprint density at radius 1 is 1.29 bits per heavy atom. The summed E-state index contributed by atoms with van der Waals surface area (Å²) in [4.78, 5) is 18.2. The summed E-state index contributed by atoms with van der Waals surface area (Å²) in [6, 6.07) is 3.27. The van der Waals surface area contributed by atoms with E-state index in [2.05, 4.69) is 9.97 Å². The first-order valence-electron chi connectivity index (χ1n) is 4.04. The van der Waals surface area contributed by atoms with E-state index in [0.29, 0.717) is 11.0 Å². The van der Waals surface area contributed by atoms with Crippen molar-refractivity contribution in [3.05, 3.63) is 40.2 Å². The molecule has 0 radical (unpaired) electrons. The van der Waals surface area contributed by atoms with Crippen molar-refractivity contribution >= 4 is 16.7 Å². The molecule has 2 aromatic rings. The summed E-state index contributed by atoms with van der Waals surface area (Å²) in [5.41, 5.74) is 1.71. The third-order valence-corrected chi connectivity index (χ3v) is 1.89. The molecule has 0 unspecified atom stereocenters. The first-order valence-corrected chi connectivity index (χ1v) is 4.04. The van der Waals surface area contributed by atoms with Gasteiger partial charge in [0, 0.05) is 18.5 Å². The zero-order valence-corrected chi connectivity index (χ0v) is 7.47. The Morgan fingerprint density at radius 2 is 2.00 bits per heavy atom. The molecule has 0 aliphatic carbocycles. The predicted molar refractivity (Wildman–Crippen MR) is 50.9 cm³/mol. The molecule has 5 nitrogen and oxygen atoms in total. The van der Waals surface area contributed by atoms with Crippen molar-refractivity contribution in [2.75, 3.05) is 0 Å². The monoisotopic (exact) mass is 189 g/mol. The molecule has 0 saturated heterocycles. The largest absolute Gasteiger partial charge is 0.297 e. The van der Waals surface area contributed by atoms with Gasteiger partial charge >= 0.3 is 0 Å². The number of benzene rings is 1. The topological polar surface area (TPSA) is 68.9 Å². The molecule has 1 heterocycles. The van der Waals surface area contributed by atoms with E-state index in [9.17, 15) is 10.1 Å². The molecule has 1 aromatic carbocycles. The number of fused-ring (bicyclic) bond motifs is 1. The van der Waals surface area contributed by atoms with E-state index in [1.807, 2.05) is 0 Å². The van der Waals surface area contributed by atoms with Crippen LogP contribution in [0.1, 0.15) is 5.56 Å². The van der Waals surface area contributed by atoms with Crippen LogP contribution in [0.4, 0.5) is 5.69 Å². The van der Waals surface area contributed by atoms with Crippen LogP contribution in [-0.4, -0.2) is 14.9 Å². The van der Waals surface area contributed by atoms with Crippen LogP contribution in [0.15, 0.2) is 24.5 Å². The van der Waals surface area contributed by atoms with Crippen LogP contribution in [0.3, 0.4) is 0 Å². The Labute approximate surface area is 79.6 Å². The van der Waals surface area contributed by atoms with Crippen molar-refractivity contribution in [3.63, 3.8) is 0 Å². The lowest BCUT2D eigenvalue weighted by atomic mass is 10.2. The lowest BCUT2D eigenvalue weighted by molar-refractivity contribution is -0.383. The Morgan fingerprint density at radius 3 is 2.71 bits per heavy atom. The molecule has 0 spiro atoms. The fourth-order valence-corrected chi connectivity index (χ4v) is 1.33. The average Bonchev–Trinajstić information content (AvgIpc) is 2.16. The summed E-state index contributed by atoms with van der Waals surface area (Å²) >= 11 is 0. The van der Waals surface area contributed by atoms with Gasteiger partial charge in [-0.25, -0.2) is 4.98 Å². The van der Waals surface area contributed by atoms with E-state index >= 15 is 0 Å². The van der Waals surface area contributed by atoms with E-state index in [1.54, 1.807) is 13.0 Å². The van der Waals surface area contributed by atoms with Crippen LogP contribution in [0.25, 0.3) is 11.0 Å². The maximum absolute atomic E-state index is 10.7. The van der Waals surface area contributed by atoms with Crippen molar-refractivity contribution < 1.29 is 4.92 Å². The van der Waals surface area contributed by atoms with Crippen LogP contribution < -0.4 is 0 Å². The van der Waals surface area contributed by atoms with Gasteiger partial charge in [-0.05, 0) is 18.6 Å². The molecule has 0 saturated carbocycles. The second-order valence-corrected chi connectivity index (χ2v) is 2.97. The van der Waals surface area contributed by atoms with Crippen molar-refractivity contribution in [2.45, 2.75) is 6.92 Å². The highest BCUT2D eigenvalue weighted by atomic mass is 16.6. The summed E-state index contributed by atoms with van der Waals surface area (Å²) < 4.78 is 0. The van der Waals surface area contributed by atoms with Gasteiger partial charge in [0.25, 0.3) is 5.69 Å². The standard InChI is InChI=1S/C9H7N3O2/c1-6-4-7-9(11-3-2-10-7)8(5-6)12(13)14/h2-5H,1H3. The Bertz CT molecular complexity index is 510. The number of aromatic nitrogens is 2. The molecule has 0 amide bonds. The molecule has 5 heteroatoms. The third-order valence-electron chi connectivity index (χ3n) is 1.89. The van der Waals surface area contributed by atoms with Crippen LogP contribution in [0.2, 0.25) is 0 Å². The molecule has 0 bridgehead atoms. The average molecular weight is 189 g/mol. The quantitative estimate of drug-likeness (QED) is 0.507. The highest BCUT2D eigenvalue weighted by Crippen LogP contribution is 2.23. The summed E-state index contributed by atoms with van der Waals surface area (Å²) in [6.07, 6.45) is 2.97. The molecule has 0 aliphatic heterocycles. The number of hydrogen-bond donors (Lipinski definition) is 0. The number of rotatable bonds is 1. The first kappa shape index (κ1) is 8.55. The molecule has 70 valence electrons. The highest BCUT2D eigenvalue weighted by Gasteiger charge is 2.13. The van der Waals surface area contributed by atoms with Crippen LogP contribution in [-0.2, 0) is 0 Å². The van der Waals surface area contributed by atoms with E-state index in [4.69, 9.17) is 0 Å². The summed E-state index contributed by atoms with van der Waals surface area (Å²) in [5, 5.41) is 10.7. The zero-order chi connectivity index (χ0) is 10.1. The van der Waals surface area contributed by atoms with E-state index in [1.165, 1.54) is 18.5 Å². The Hall–Kier alpha value is -2.04. The smallest absolute Gasteiger partial charge is 0.258 e. The van der Waals surface area contributed by atoms with Gasteiger partial charge in [-0.1, -0.05) is 0 Å². The van der Waals surface area contributed by atoms with Crippen LogP contribution in [0.5, 0.6) is 0 Å². The minimum Gasteiger partial charge on any atom is -0.258 e. The van der Waals surface area contributed by atoms with Gasteiger partial charge in [-0.2, -0.15) is 0 Å². The van der Waals surface area contributed by atoms with Gasteiger partial charge in [0.2, 0.25) is 0 Å². The van der Waals surface area contributed by atoms with Crippen LogP contribution >= 0.6 is 0 Å². The molecule has 2 rings (SSSR count). The van der Waals surface area contributed by atoms with Gasteiger partial charge in [-0.3, -0.25) is 15.1 Å². The zero-order valence-electron chi connectivity index (χ0n) is 7.47. The Balaban J connectivity index is 2.87. The highest BCUT2D eigenvalue weighted by molar-refractivity contribution is 5.84. The lowest BCUT2D eigenvalue weighted by Gasteiger charge is -1.98. The maximum Gasteiger partial charge on any atom is 0.297 e. The summed E-state index contributed by atoms with van der Waals surface area (Å²) in [5.74, 6) is 0. The summed E-state index contributed by atoms with van der Waals surface area (Å²) in [6.45, 7) is 1.79. The summed E-state index contributed by atoms with van der Waals surface area (Å²) in [7, 11) is 0. The molecule has 0 aliphatic rings. The maximum atomic E-state index is 10.7. The SMILES string of the molecule is Cc1cc([N+](=O)[O-])c2nccnc2c1. The fourth-order valence-electron chi connectivity index (χ4n) is 1.33. The molecule has 0 fully saturated rings. The molecular weight excluding hydrogens is 182 g/mol. The van der Waals surface area contributed by atoms with Gasteiger partial charge in [0.15, 0.2) is 5.52 Å². The third kappa shape index (κ3) is 1.28. The van der Waals surface area contributed by atoms with Gasteiger partial charge in [0.05, 0.1) is 10.4 Å². The van der Waals surface area contributed by atoms with Gasteiger partial charge in [-0.15, -0.1) is 0 Å². The predicted octanol–water partition coefficient (Wildman–Crippen LogP) is 1.85. The number of nitrogens with zero attached hydrogens (tertiary/aromatic N) is 3. The number of nitro benzene ring substituents is 1. The van der Waals surface area contributed by atoms with E-state index in [0.717, 1.165) is 5.56 Å². The van der Waals surface area contributed by atoms with E-state index < -0.39 is 4.92 Å². The van der Waals surface area contributed by atoms with Crippen molar-refractivity contribution in [2.24, 2.45) is 0 Å². The number of hydrogen-bond acceptors (Lipinski definition) is 4. The second kappa shape index (κ2) is 3.02. The van der Waals surface area contributed by atoms with Crippen molar-refractivity contribution in [1.29, 1.82) is 0 Å². The molecule has 1 aromatic heterocycles. The fraction of sp³-hybridized carbons (Fsp3) is 0.111. The molecule has 14 heavy (non-hydrogen) atoms. The molecule has 0 atom stereocenters. The Kier molecular flexibility index (Phi) is 1.85. The second-order valence-electron chi connectivity index (χ2n) is 2.97. The van der Waals surface area contributed by atoms with E-state index in [-0.39, 0.29) is 5.69 Å². The normalized spacial score (nSPS) is 10.4. The van der Waals surface area contributed by atoms with Crippen molar-refractivity contribution in [3.8, 4) is 0 Å². The first-order chi connectivity index (χ1) is 6.68. The minimum absolute atomic E-state index is 0.00750. The lowest BCUT2D eigenvalue weighted by Crippen LogP contribution is -1.93. The number of non-ortho nitro benzene ring substituents is 1. The minimum atomic E-state index is -0.440. The van der Waals surface area contributed by atoms with Gasteiger partial charge in [0.1, 0.15) is 0 Å². The van der Waals surface area contributed by atoms with Crippen LogP contribution in [0, 0.1) is 17.0 Å². The van der Waals surface area contributed by atoms with Crippen molar-refractivity contribution in [1.82, 2.24) is 9.97 Å². The number of aryl methyl sites for hydroxylation is 1. The molecule has 0 N–H and O–H groups in total.